The van der Waals surface area contributed by atoms with Crippen LogP contribution >= 0.6 is 24.2 Å². The molecule has 132 valence electrons. The Morgan fingerprint density at radius 1 is 1.38 bits per heavy atom. The molecule has 2 N–H and O–H groups in total. The van der Waals surface area contributed by atoms with Crippen LogP contribution in [0.2, 0.25) is 5.02 Å². The number of halogens is 1. The van der Waals surface area contributed by atoms with E-state index in [0.717, 1.165) is 5.56 Å². The number of piperidine rings is 1. The highest BCUT2D eigenvalue weighted by Crippen LogP contribution is 2.38. The molecule has 7 heteroatoms. The Labute approximate surface area is 152 Å². The maximum atomic E-state index is 12.5. The molecule has 0 saturated carbocycles. The summed E-state index contributed by atoms with van der Waals surface area (Å²) in [4.78, 5) is 26.4. The van der Waals surface area contributed by atoms with Crippen LogP contribution in [0.15, 0.2) is 24.3 Å². The quantitative estimate of drug-likeness (QED) is 0.613. The molecule has 1 amide bonds. The van der Waals surface area contributed by atoms with E-state index in [9.17, 15) is 9.59 Å². The second-order valence-electron chi connectivity index (χ2n) is 6.15. The van der Waals surface area contributed by atoms with Crippen molar-refractivity contribution in [3.63, 3.8) is 0 Å². The molecule has 2 rings (SSSR count). The van der Waals surface area contributed by atoms with Crippen molar-refractivity contribution in [2.45, 2.75) is 25.3 Å². The van der Waals surface area contributed by atoms with Crippen LogP contribution in [0.25, 0.3) is 0 Å². The average molecular weight is 371 g/mol. The highest BCUT2D eigenvalue weighted by Gasteiger charge is 2.44. The topological polar surface area (TPSA) is 72.6 Å². The number of hydrogen-bond acceptors (Lipinski definition) is 5. The minimum absolute atomic E-state index is 0.124. The first-order valence-electron chi connectivity index (χ1n) is 7.90. The molecule has 24 heavy (non-hydrogen) atoms. The monoisotopic (exact) mass is 370 g/mol. The van der Waals surface area contributed by atoms with E-state index in [1.807, 2.05) is 24.3 Å². The summed E-state index contributed by atoms with van der Waals surface area (Å²) in [5, 5.41) is 0.636. The molecule has 0 radical (unpaired) electrons. The molecular formula is C17H23ClN2O3S. The maximum absolute atomic E-state index is 12.5. The number of carbonyl (C=O) groups is 2. The van der Waals surface area contributed by atoms with Crippen LogP contribution in [0, 0.1) is 5.41 Å². The van der Waals surface area contributed by atoms with Crippen molar-refractivity contribution in [2.24, 2.45) is 11.1 Å². The molecule has 1 fully saturated rings. The zero-order valence-electron chi connectivity index (χ0n) is 13.7. The van der Waals surface area contributed by atoms with Crippen LogP contribution in [0.5, 0.6) is 0 Å². The number of rotatable bonds is 5. The zero-order chi connectivity index (χ0) is 17.7. The number of nitrogens with two attached hydrogens (primary N) is 1. The van der Waals surface area contributed by atoms with Gasteiger partial charge in [-0.25, -0.2) is 0 Å². The van der Waals surface area contributed by atoms with E-state index < -0.39 is 11.5 Å². The van der Waals surface area contributed by atoms with Crippen LogP contribution < -0.4 is 5.73 Å². The van der Waals surface area contributed by atoms with E-state index in [-0.39, 0.29) is 11.9 Å². The Bertz CT molecular complexity index is 603. The van der Waals surface area contributed by atoms with Gasteiger partial charge < -0.3 is 15.4 Å². The fourth-order valence-corrected chi connectivity index (χ4v) is 3.50. The summed E-state index contributed by atoms with van der Waals surface area (Å²) in [7, 11) is 1.39. The number of likely N-dealkylation sites (tertiary alicyclic amines) is 1. The highest BCUT2D eigenvalue weighted by atomic mass is 35.5. The van der Waals surface area contributed by atoms with E-state index in [4.69, 9.17) is 22.1 Å². The molecule has 1 atom stereocenters. The minimum atomic E-state index is -0.665. The van der Waals surface area contributed by atoms with Crippen LogP contribution in [-0.4, -0.2) is 48.8 Å². The van der Waals surface area contributed by atoms with Gasteiger partial charge in [-0.15, -0.1) is 0 Å². The Kier molecular flexibility index (Phi) is 6.54. The van der Waals surface area contributed by atoms with Gasteiger partial charge in [0.05, 0.1) is 18.6 Å². The number of hydrogen-bond donors (Lipinski definition) is 2. The summed E-state index contributed by atoms with van der Waals surface area (Å²) in [5.74, 6) is -0.0777. The Morgan fingerprint density at radius 3 is 2.54 bits per heavy atom. The molecule has 5 nitrogen and oxygen atoms in total. The third kappa shape index (κ3) is 4.05. The summed E-state index contributed by atoms with van der Waals surface area (Å²) >= 11 is 10.3. The smallest absolute Gasteiger partial charge is 0.312 e. The van der Waals surface area contributed by atoms with Gasteiger partial charge in [0.1, 0.15) is 0 Å². The largest absolute Gasteiger partial charge is 0.469 e. The van der Waals surface area contributed by atoms with Gasteiger partial charge in [0, 0.05) is 23.9 Å². The van der Waals surface area contributed by atoms with Gasteiger partial charge in [-0.1, -0.05) is 29.8 Å². The average Bonchev–Trinajstić information content (AvgIpc) is 2.62. The van der Waals surface area contributed by atoms with Crippen molar-refractivity contribution in [1.29, 1.82) is 0 Å². The molecule has 1 aromatic carbocycles. The van der Waals surface area contributed by atoms with Gasteiger partial charge in [-0.05, 0) is 30.9 Å². The van der Waals surface area contributed by atoms with E-state index in [1.165, 1.54) is 7.11 Å². The summed E-state index contributed by atoms with van der Waals surface area (Å²) in [6, 6.07) is 6.88. The molecule has 1 aliphatic rings. The van der Waals surface area contributed by atoms with Crippen LogP contribution in [0.3, 0.4) is 0 Å². The number of thiol groups is 1. The fourth-order valence-electron chi connectivity index (χ4n) is 3.14. The lowest BCUT2D eigenvalue weighted by Crippen LogP contribution is -2.52. The summed E-state index contributed by atoms with van der Waals surface area (Å²) in [6.45, 7) is 0.944. The lowest BCUT2D eigenvalue weighted by Gasteiger charge is -2.40. The second-order valence-corrected chi connectivity index (χ2v) is 6.93. The van der Waals surface area contributed by atoms with Gasteiger partial charge in [-0.2, -0.15) is 12.6 Å². The van der Waals surface area contributed by atoms with Gasteiger partial charge in [0.15, 0.2) is 0 Å². The number of benzene rings is 1. The minimum Gasteiger partial charge on any atom is -0.469 e. The first-order chi connectivity index (χ1) is 11.4. The fraction of sp³-hybridized carbons (Fsp3) is 0.529. The lowest BCUT2D eigenvalue weighted by molar-refractivity contribution is -0.157. The molecule has 0 aliphatic carbocycles. The number of carbonyl (C=O) groups excluding carboxylic acids is 2. The van der Waals surface area contributed by atoms with Gasteiger partial charge >= 0.3 is 5.97 Å². The number of nitrogens with zero attached hydrogens (tertiary/aromatic N) is 1. The summed E-state index contributed by atoms with van der Waals surface area (Å²) in [6.07, 6.45) is 1.55. The highest BCUT2D eigenvalue weighted by molar-refractivity contribution is 7.80. The molecule has 0 unspecified atom stereocenters. The van der Waals surface area contributed by atoms with E-state index >= 15 is 0 Å². The third-order valence-electron chi connectivity index (χ3n) is 4.65. The molecule has 0 aromatic heterocycles. The molecule has 1 heterocycles. The van der Waals surface area contributed by atoms with E-state index in [1.54, 1.807) is 4.90 Å². The number of esters is 1. The number of methoxy groups -OCH3 is 1. The zero-order valence-corrected chi connectivity index (χ0v) is 15.4. The van der Waals surface area contributed by atoms with Crippen LogP contribution in [0.4, 0.5) is 0 Å². The van der Waals surface area contributed by atoms with Crippen molar-refractivity contribution in [3.8, 4) is 0 Å². The van der Waals surface area contributed by atoms with Crippen LogP contribution in [0.1, 0.15) is 18.4 Å². The second kappa shape index (κ2) is 8.23. The van der Waals surface area contributed by atoms with Crippen molar-refractivity contribution < 1.29 is 14.3 Å². The molecule has 1 saturated heterocycles. The Hall–Kier alpha value is -1.24. The first-order valence-corrected chi connectivity index (χ1v) is 8.91. The standard InChI is InChI=1S/C17H23ClN2O3S/c1-23-16(22)17(10-12-4-2-3-5-13(12)18)6-8-20(9-7-17)15(21)14(19)11-24/h2-5,14,24H,6-11,19H2,1H3/t14-/m0/s1. The molecule has 1 aliphatic heterocycles. The van der Waals surface area contributed by atoms with E-state index in [0.29, 0.717) is 43.1 Å². The SMILES string of the molecule is COC(=O)C1(Cc2ccccc2Cl)CCN(C(=O)[C@@H](N)CS)CC1. The number of amides is 1. The van der Waals surface area contributed by atoms with Crippen molar-refractivity contribution in [3.05, 3.63) is 34.9 Å². The van der Waals surface area contributed by atoms with Crippen molar-refractivity contribution in [1.82, 2.24) is 4.90 Å². The molecule has 0 spiro atoms. The Balaban J connectivity index is 2.16. The third-order valence-corrected chi connectivity index (χ3v) is 5.41. The Morgan fingerprint density at radius 2 is 2.00 bits per heavy atom. The van der Waals surface area contributed by atoms with Crippen molar-refractivity contribution in [2.75, 3.05) is 26.0 Å². The summed E-state index contributed by atoms with van der Waals surface area (Å²) in [5.41, 5.74) is 6.02. The predicted molar refractivity (Wildman–Crippen MR) is 97.2 cm³/mol. The van der Waals surface area contributed by atoms with Gasteiger partial charge in [0.25, 0.3) is 0 Å². The van der Waals surface area contributed by atoms with Gasteiger partial charge in [0.2, 0.25) is 5.91 Å². The maximum Gasteiger partial charge on any atom is 0.312 e. The van der Waals surface area contributed by atoms with Gasteiger partial charge in [-0.3, -0.25) is 9.59 Å². The molecule has 1 aromatic rings. The summed E-state index contributed by atoms with van der Waals surface area (Å²) < 4.78 is 5.05. The molecule has 0 bridgehead atoms. The van der Waals surface area contributed by atoms with E-state index in [2.05, 4.69) is 12.6 Å². The number of ether oxygens (including phenoxy) is 1. The van der Waals surface area contributed by atoms with Crippen molar-refractivity contribution >= 4 is 36.1 Å². The normalized spacial score (nSPS) is 18.1. The van der Waals surface area contributed by atoms with Crippen LogP contribution in [-0.2, 0) is 20.7 Å². The lowest BCUT2D eigenvalue weighted by atomic mass is 9.73. The molecular weight excluding hydrogens is 348 g/mol. The predicted octanol–water partition coefficient (Wildman–Crippen LogP) is 1.92. The first kappa shape index (κ1) is 19.1.